The van der Waals surface area contributed by atoms with Crippen molar-refractivity contribution in [1.29, 1.82) is 0 Å². The number of methoxy groups -OCH3 is 1. The van der Waals surface area contributed by atoms with Gasteiger partial charge in [0.1, 0.15) is 18.0 Å². The Morgan fingerprint density at radius 2 is 2.07 bits per heavy atom. The lowest BCUT2D eigenvalue weighted by atomic mass is 10.1. The molecule has 0 saturated heterocycles. The molecule has 0 aromatic heterocycles. The molecule has 1 aliphatic rings. The van der Waals surface area contributed by atoms with Gasteiger partial charge in [-0.3, -0.25) is 19.7 Å². The molecule has 0 saturated carbocycles. The van der Waals surface area contributed by atoms with Crippen molar-refractivity contribution in [3.63, 3.8) is 0 Å². The van der Waals surface area contributed by atoms with E-state index in [2.05, 4.69) is 15.4 Å². The van der Waals surface area contributed by atoms with Gasteiger partial charge in [0.15, 0.2) is 0 Å². The van der Waals surface area contributed by atoms with E-state index in [-0.39, 0.29) is 35.3 Å². The lowest BCUT2D eigenvalue weighted by molar-refractivity contribution is -0.384. The van der Waals surface area contributed by atoms with Gasteiger partial charge >= 0.3 is 5.97 Å². The van der Waals surface area contributed by atoms with Gasteiger partial charge in [0, 0.05) is 11.6 Å². The van der Waals surface area contributed by atoms with Crippen molar-refractivity contribution in [2.45, 2.75) is 18.9 Å². The van der Waals surface area contributed by atoms with E-state index in [9.17, 15) is 24.1 Å². The van der Waals surface area contributed by atoms with Crippen LogP contribution in [0.4, 0.5) is 15.8 Å². The summed E-state index contributed by atoms with van der Waals surface area (Å²) < 4.78 is 18.0. The zero-order chi connectivity index (χ0) is 20.3. The van der Waals surface area contributed by atoms with E-state index in [1.54, 1.807) is 6.07 Å². The van der Waals surface area contributed by atoms with E-state index in [1.807, 2.05) is 0 Å². The first-order valence-electron chi connectivity index (χ1n) is 8.57. The number of nitrogens with one attached hydrogen (secondary N) is 2. The third-order valence-electron chi connectivity index (χ3n) is 4.59. The zero-order valence-corrected chi connectivity index (χ0v) is 15.0. The molecule has 8 nitrogen and oxygen atoms in total. The molecule has 2 aromatic carbocycles. The number of carbonyl (C=O) groups is 2. The quantitative estimate of drug-likeness (QED) is 0.448. The predicted octanol–water partition coefficient (Wildman–Crippen LogP) is 2.74. The van der Waals surface area contributed by atoms with Gasteiger partial charge in [-0.05, 0) is 48.2 Å². The van der Waals surface area contributed by atoms with Crippen LogP contribution >= 0.6 is 0 Å². The standard InChI is InChI=1S/C19H18FN3O5/c1-28-18(24)10-21-19(25)12-4-7-16(17(8-12)23(26)27)22-15-6-3-11-2-5-13(20)9-14(11)15/h2,4-5,7-9,15,22H,3,6,10H2,1H3,(H,21,25). The SMILES string of the molecule is COC(=O)CNC(=O)c1ccc(NC2CCc3ccc(F)cc32)c([N+](=O)[O-])c1. The van der Waals surface area contributed by atoms with Crippen molar-refractivity contribution in [3.05, 3.63) is 69.0 Å². The lowest BCUT2D eigenvalue weighted by Crippen LogP contribution is -2.30. The number of carbonyl (C=O) groups excluding carboxylic acids is 2. The Labute approximate surface area is 159 Å². The number of hydrogen-bond acceptors (Lipinski definition) is 6. The van der Waals surface area contributed by atoms with Gasteiger partial charge in [0.05, 0.1) is 18.1 Å². The van der Waals surface area contributed by atoms with Crippen LogP contribution in [-0.4, -0.2) is 30.5 Å². The van der Waals surface area contributed by atoms with Crippen LogP contribution in [0, 0.1) is 15.9 Å². The fraction of sp³-hybridized carbons (Fsp3) is 0.263. The molecule has 0 aliphatic heterocycles. The Hall–Kier alpha value is -3.49. The second kappa shape index (κ2) is 8.03. The van der Waals surface area contributed by atoms with Crippen LogP contribution in [-0.2, 0) is 16.0 Å². The Morgan fingerprint density at radius 3 is 2.79 bits per heavy atom. The Balaban J connectivity index is 1.81. The number of esters is 1. The molecule has 1 amide bonds. The number of ether oxygens (including phenoxy) is 1. The van der Waals surface area contributed by atoms with Crippen molar-refractivity contribution in [1.82, 2.24) is 5.32 Å². The maximum Gasteiger partial charge on any atom is 0.325 e. The molecule has 2 N–H and O–H groups in total. The second-order valence-electron chi connectivity index (χ2n) is 6.33. The Kier molecular flexibility index (Phi) is 5.53. The van der Waals surface area contributed by atoms with E-state index in [0.29, 0.717) is 6.42 Å². The van der Waals surface area contributed by atoms with Gasteiger partial charge in [0.25, 0.3) is 11.6 Å². The fourth-order valence-corrected chi connectivity index (χ4v) is 3.18. The monoisotopic (exact) mass is 387 g/mol. The molecule has 0 fully saturated rings. The number of nitrogens with zero attached hydrogens (tertiary/aromatic N) is 1. The smallest absolute Gasteiger partial charge is 0.325 e. The summed E-state index contributed by atoms with van der Waals surface area (Å²) in [4.78, 5) is 34.1. The predicted molar refractivity (Wildman–Crippen MR) is 98.5 cm³/mol. The van der Waals surface area contributed by atoms with Gasteiger partial charge in [-0.15, -0.1) is 0 Å². The van der Waals surface area contributed by atoms with E-state index < -0.39 is 16.8 Å². The summed E-state index contributed by atoms with van der Waals surface area (Å²) in [6.45, 7) is -0.340. The normalized spacial score (nSPS) is 14.9. The topological polar surface area (TPSA) is 111 Å². The maximum absolute atomic E-state index is 13.6. The first kappa shape index (κ1) is 19.3. The molecule has 146 valence electrons. The van der Waals surface area contributed by atoms with Crippen molar-refractivity contribution in [2.75, 3.05) is 19.0 Å². The molecule has 0 heterocycles. The molecule has 0 bridgehead atoms. The highest BCUT2D eigenvalue weighted by Gasteiger charge is 2.26. The van der Waals surface area contributed by atoms with Crippen LogP contribution in [0.15, 0.2) is 36.4 Å². The van der Waals surface area contributed by atoms with Crippen molar-refractivity contribution in [3.8, 4) is 0 Å². The van der Waals surface area contributed by atoms with Crippen LogP contribution in [0.3, 0.4) is 0 Å². The highest BCUT2D eigenvalue weighted by atomic mass is 19.1. The lowest BCUT2D eigenvalue weighted by Gasteiger charge is -2.16. The second-order valence-corrected chi connectivity index (χ2v) is 6.33. The summed E-state index contributed by atoms with van der Waals surface area (Å²) in [5, 5.41) is 16.9. The average molecular weight is 387 g/mol. The van der Waals surface area contributed by atoms with Gasteiger partial charge in [-0.25, -0.2) is 4.39 Å². The van der Waals surface area contributed by atoms with Crippen LogP contribution in [0.2, 0.25) is 0 Å². The summed E-state index contributed by atoms with van der Waals surface area (Å²) in [5.74, 6) is -1.62. The highest BCUT2D eigenvalue weighted by Crippen LogP contribution is 2.37. The zero-order valence-electron chi connectivity index (χ0n) is 15.0. The number of halogens is 1. The first-order chi connectivity index (χ1) is 13.4. The molecule has 0 spiro atoms. The van der Waals surface area contributed by atoms with E-state index in [4.69, 9.17) is 0 Å². The molecule has 1 unspecified atom stereocenters. The van der Waals surface area contributed by atoms with Crippen LogP contribution < -0.4 is 10.6 Å². The van der Waals surface area contributed by atoms with Crippen molar-refractivity contribution >= 4 is 23.3 Å². The van der Waals surface area contributed by atoms with E-state index in [0.717, 1.165) is 23.6 Å². The molecule has 28 heavy (non-hydrogen) atoms. The summed E-state index contributed by atoms with van der Waals surface area (Å²) >= 11 is 0. The summed E-state index contributed by atoms with van der Waals surface area (Å²) in [6.07, 6.45) is 1.42. The number of fused-ring (bicyclic) bond motifs is 1. The van der Waals surface area contributed by atoms with Gasteiger partial charge < -0.3 is 15.4 Å². The van der Waals surface area contributed by atoms with Crippen molar-refractivity contribution < 1.29 is 23.6 Å². The van der Waals surface area contributed by atoms with Crippen LogP contribution in [0.25, 0.3) is 0 Å². The number of amides is 1. The van der Waals surface area contributed by atoms with Gasteiger partial charge in [-0.2, -0.15) is 0 Å². The van der Waals surface area contributed by atoms with E-state index >= 15 is 0 Å². The minimum atomic E-state index is -0.631. The Bertz CT molecular complexity index is 947. The average Bonchev–Trinajstić information content (AvgIpc) is 3.07. The molecule has 1 atom stereocenters. The molecule has 2 aromatic rings. The van der Waals surface area contributed by atoms with Gasteiger partial charge in [0.2, 0.25) is 0 Å². The number of hydrogen-bond donors (Lipinski definition) is 2. The molecule has 0 radical (unpaired) electrons. The number of anilines is 1. The maximum atomic E-state index is 13.6. The number of nitro benzene ring substituents is 1. The fourth-order valence-electron chi connectivity index (χ4n) is 3.18. The van der Waals surface area contributed by atoms with Crippen LogP contribution in [0.5, 0.6) is 0 Å². The first-order valence-corrected chi connectivity index (χ1v) is 8.57. The third kappa shape index (κ3) is 4.08. The Morgan fingerprint density at radius 1 is 1.29 bits per heavy atom. The largest absolute Gasteiger partial charge is 0.468 e. The van der Waals surface area contributed by atoms with Crippen molar-refractivity contribution in [2.24, 2.45) is 0 Å². The van der Waals surface area contributed by atoms with E-state index in [1.165, 1.54) is 31.4 Å². The summed E-state index contributed by atoms with van der Waals surface area (Å²) in [6, 6.07) is 8.27. The molecule has 9 heteroatoms. The summed E-state index contributed by atoms with van der Waals surface area (Å²) in [5.41, 5.74) is 1.76. The third-order valence-corrected chi connectivity index (χ3v) is 4.59. The molecular formula is C19H18FN3O5. The molecular weight excluding hydrogens is 369 g/mol. The summed E-state index contributed by atoms with van der Waals surface area (Å²) in [7, 11) is 1.19. The van der Waals surface area contributed by atoms with Crippen LogP contribution in [0.1, 0.15) is 33.9 Å². The highest BCUT2D eigenvalue weighted by molar-refractivity contribution is 5.97. The number of rotatable bonds is 6. The number of aryl methyl sites for hydroxylation is 1. The molecule has 3 rings (SSSR count). The minimum absolute atomic E-state index is 0.0408. The van der Waals surface area contributed by atoms with Gasteiger partial charge in [-0.1, -0.05) is 6.07 Å². The minimum Gasteiger partial charge on any atom is -0.468 e. The number of nitro groups is 1. The number of benzene rings is 2. The molecule has 1 aliphatic carbocycles.